The molecule has 0 radical (unpaired) electrons. The maximum Gasteiger partial charge on any atom is 0.154 e. The number of hydrogen-bond donors (Lipinski definition) is 1. The van der Waals surface area contributed by atoms with Gasteiger partial charge in [-0.05, 0) is 37.9 Å². The van der Waals surface area contributed by atoms with Crippen molar-refractivity contribution < 1.29 is 4.42 Å². The quantitative estimate of drug-likeness (QED) is 0.801. The maximum absolute atomic E-state index is 6.18. The van der Waals surface area contributed by atoms with E-state index in [1.807, 2.05) is 13.1 Å². The van der Waals surface area contributed by atoms with Crippen LogP contribution < -0.4 is 5.32 Å². The van der Waals surface area contributed by atoms with Crippen molar-refractivity contribution in [3.05, 3.63) is 33.0 Å². The lowest BCUT2D eigenvalue weighted by Gasteiger charge is -2.11. The van der Waals surface area contributed by atoms with Gasteiger partial charge in [-0.15, -0.1) is 0 Å². The highest BCUT2D eigenvalue weighted by atomic mass is 35.5. The topological polar surface area (TPSA) is 25.2 Å². The molecule has 1 aliphatic carbocycles. The SMILES string of the molecule is CNC(c1cc2c(Cl)c(Cl)cc(Cl)c2o1)C1CC1. The highest BCUT2D eigenvalue weighted by Gasteiger charge is 2.33. The van der Waals surface area contributed by atoms with Crippen LogP contribution in [0, 0.1) is 5.92 Å². The predicted octanol–water partition coefficient (Wildman–Crippen LogP) is 5.06. The molecule has 0 saturated heterocycles. The Bertz CT molecular complexity index is 604. The van der Waals surface area contributed by atoms with Gasteiger partial charge in [0.1, 0.15) is 5.76 Å². The molecule has 1 aromatic carbocycles. The van der Waals surface area contributed by atoms with E-state index in [0.717, 1.165) is 11.1 Å². The molecule has 1 unspecified atom stereocenters. The van der Waals surface area contributed by atoms with Crippen LogP contribution in [0.4, 0.5) is 0 Å². The fraction of sp³-hybridized carbons (Fsp3) is 0.385. The third-order valence-electron chi connectivity index (χ3n) is 3.38. The van der Waals surface area contributed by atoms with Crippen molar-refractivity contribution in [2.45, 2.75) is 18.9 Å². The first-order valence-electron chi connectivity index (χ1n) is 5.86. The van der Waals surface area contributed by atoms with Gasteiger partial charge in [0.25, 0.3) is 0 Å². The average Bonchev–Trinajstić information content (AvgIpc) is 3.06. The molecule has 1 atom stereocenters. The zero-order valence-electron chi connectivity index (χ0n) is 9.77. The molecule has 96 valence electrons. The standard InChI is InChI=1S/C13H12Cl3NO/c1-17-12(6-2-3-6)10-4-7-11(16)8(14)5-9(15)13(7)18-10/h4-6,12,17H,2-3H2,1H3. The first-order valence-corrected chi connectivity index (χ1v) is 6.99. The maximum atomic E-state index is 6.18. The zero-order valence-corrected chi connectivity index (χ0v) is 12.0. The lowest BCUT2D eigenvalue weighted by molar-refractivity contribution is 0.419. The minimum atomic E-state index is 0.225. The normalized spacial score (nSPS) is 17.3. The lowest BCUT2D eigenvalue weighted by Crippen LogP contribution is -2.17. The van der Waals surface area contributed by atoms with Crippen molar-refractivity contribution in [1.82, 2.24) is 5.32 Å². The summed E-state index contributed by atoms with van der Waals surface area (Å²) in [6, 6.07) is 3.78. The van der Waals surface area contributed by atoms with E-state index in [9.17, 15) is 0 Å². The molecule has 3 rings (SSSR count). The fourth-order valence-corrected chi connectivity index (χ4v) is 3.02. The summed E-state index contributed by atoms with van der Waals surface area (Å²) >= 11 is 18.3. The van der Waals surface area contributed by atoms with Crippen molar-refractivity contribution in [3.63, 3.8) is 0 Å². The average molecular weight is 305 g/mol. The van der Waals surface area contributed by atoms with Crippen LogP contribution >= 0.6 is 34.8 Å². The molecule has 1 heterocycles. The van der Waals surface area contributed by atoms with Gasteiger partial charge >= 0.3 is 0 Å². The van der Waals surface area contributed by atoms with Gasteiger partial charge in [-0.25, -0.2) is 0 Å². The van der Waals surface area contributed by atoms with Gasteiger partial charge < -0.3 is 9.73 Å². The van der Waals surface area contributed by atoms with Gasteiger partial charge in [0.2, 0.25) is 0 Å². The second-order valence-electron chi connectivity index (χ2n) is 4.65. The third-order valence-corrected chi connectivity index (χ3v) is 4.46. The summed E-state index contributed by atoms with van der Waals surface area (Å²) in [5.41, 5.74) is 0.613. The number of hydrogen-bond acceptors (Lipinski definition) is 2. The van der Waals surface area contributed by atoms with Crippen molar-refractivity contribution in [1.29, 1.82) is 0 Å². The smallest absolute Gasteiger partial charge is 0.154 e. The van der Waals surface area contributed by atoms with Gasteiger partial charge in [0.05, 0.1) is 21.1 Å². The molecule has 18 heavy (non-hydrogen) atoms. The van der Waals surface area contributed by atoms with Crippen LogP contribution in [0.3, 0.4) is 0 Å². The van der Waals surface area contributed by atoms with Gasteiger partial charge in [-0.3, -0.25) is 0 Å². The molecule has 5 heteroatoms. The van der Waals surface area contributed by atoms with Crippen LogP contribution in [0.5, 0.6) is 0 Å². The van der Waals surface area contributed by atoms with E-state index in [1.165, 1.54) is 12.8 Å². The van der Waals surface area contributed by atoms with E-state index >= 15 is 0 Å². The van der Waals surface area contributed by atoms with Crippen LogP contribution in [-0.2, 0) is 0 Å². The van der Waals surface area contributed by atoms with Crippen molar-refractivity contribution in [2.75, 3.05) is 7.05 Å². The molecule has 1 aromatic heterocycles. The summed E-state index contributed by atoms with van der Waals surface area (Å²) in [6.07, 6.45) is 2.45. The van der Waals surface area contributed by atoms with Crippen LogP contribution in [0.2, 0.25) is 15.1 Å². The lowest BCUT2D eigenvalue weighted by atomic mass is 10.1. The van der Waals surface area contributed by atoms with E-state index in [1.54, 1.807) is 6.07 Å². The molecule has 1 fully saturated rings. The molecule has 2 aromatic rings. The number of rotatable bonds is 3. The minimum absolute atomic E-state index is 0.225. The summed E-state index contributed by atoms with van der Waals surface area (Å²) < 4.78 is 5.85. The largest absolute Gasteiger partial charge is 0.458 e. The Balaban J connectivity index is 2.15. The molecular weight excluding hydrogens is 293 g/mol. The predicted molar refractivity (Wildman–Crippen MR) is 75.8 cm³/mol. The highest BCUT2D eigenvalue weighted by molar-refractivity contribution is 6.47. The van der Waals surface area contributed by atoms with Gasteiger partial charge in [-0.1, -0.05) is 34.8 Å². The van der Waals surface area contributed by atoms with E-state index < -0.39 is 0 Å². The van der Waals surface area contributed by atoms with E-state index in [0.29, 0.717) is 26.6 Å². The molecule has 0 bridgehead atoms. The Hall–Kier alpha value is -0.410. The minimum Gasteiger partial charge on any atom is -0.458 e. The third kappa shape index (κ3) is 2.01. The number of halogens is 3. The first-order chi connectivity index (χ1) is 8.61. The summed E-state index contributed by atoms with van der Waals surface area (Å²) in [5, 5.41) is 5.51. The number of benzene rings is 1. The molecule has 1 aliphatic rings. The van der Waals surface area contributed by atoms with E-state index in [4.69, 9.17) is 39.2 Å². The van der Waals surface area contributed by atoms with Crippen molar-refractivity contribution in [2.24, 2.45) is 5.92 Å². The summed E-state index contributed by atoms with van der Waals surface area (Å²) in [6.45, 7) is 0. The van der Waals surface area contributed by atoms with Crippen molar-refractivity contribution in [3.8, 4) is 0 Å². The number of fused-ring (bicyclic) bond motifs is 1. The van der Waals surface area contributed by atoms with Gasteiger partial charge in [0.15, 0.2) is 5.58 Å². The van der Waals surface area contributed by atoms with Gasteiger partial charge in [-0.2, -0.15) is 0 Å². The zero-order chi connectivity index (χ0) is 12.9. The van der Waals surface area contributed by atoms with Crippen LogP contribution in [0.25, 0.3) is 11.0 Å². The molecule has 0 aliphatic heterocycles. The Morgan fingerprint density at radius 1 is 1.22 bits per heavy atom. The van der Waals surface area contributed by atoms with E-state index in [-0.39, 0.29) is 6.04 Å². The summed E-state index contributed by atoms with van der Waals surface area (Å²) in [7, 11) is 1.94. The first kappa shape index (κ1) is 12.6. The number of nitrogens with one attached hydrogen (secondary N) is 1. The molecular formula is C13H12Cl3NO. The van der Waals surface area contributed by atoms with Crippen LogP contribution in [0.1, 0.15) is 24.6 Å². The molecule has 1 N–H and O–H groups in total. The van der Waals surface area contributed by atoms with Crippen LogP contribution in [-0.4, -0.2) is 7.05 Å². The Morgan fingerprint density at radius 3 is 2.56 bits per heavy atom. The Labute approximate surface area is 120 Å². The Kier molecular flexibility index (Phi) is 3.23. The van der Waals surface area contributed by atoms with Crippen molar-refractivity contribution >= 4 is 45.8 Å². The number of furan rings is 1. The molecule has 0 amide bonds. The molecule has 2 nitrogen and oxygen atoms in total. The molecule has 1 saturated carbocycles. The second-order valence-corrected chi connectivity index (χ2v) is 5.84. The highest BCUT2D eigenvalue weighted by Crippen LogP contribution is 2.44. The second kappa shape index (κ2) is 4.61. The summed E-state index contributed by atoms with van der Waals surface area (Å²) in [5.74, 6) is 1.52. The Morgan fingerprint density at radius 2 is 1.94 bits per heavy atom. The van der Waals surface area contributed by atoms with Gasteiger partial charge in [0, 0.05) is 5.39 Å². The fourth-order valence-electron chi connectivity index (χ4n) is 2.31. The van der Waals surface area contributed by atoms with Crippen LogP contribution in [0.15, 0.2) is 16.5 Å². The molecule has 0 spiro atoms. The van der Waals surface area contributed by atoms with E-state index in [2.05, 4.69) is 5.32 Å². The monoisotopic (exact) mass is 303 g/mol. The summed E-state index contributed by atoms with van der Waals surface area (Å²) in [4.78, 5) is 0.